The Balaban J connectivity index is 2.76. The quantitative estimate of drug-likeness (QED) is 0.659. The Labute approximate surface area is 93.5 Å². The Morgan fingerprint density at radius 3 is 2.50 bits per heavy atom. The molecule has 16 heavy (non-hydrogen) atoms. The van der Waals surface area contributed by atoms with Crippen molar-refractivity contribution in [3.8, 4) is 11.5 Å². The molecule has 0 saturated carbocycles. The van der Waals surface area contributed by atoms with Crippen LogP contribution in [0.25, 0.3) is 0 Å². The number of benzene rings is 1. The van der Waals surface area contributed by atoms with Gasteiger partial charge in [0, 0.05) is 12.0 Å². The molecular weight excluding hydrogens is 208 g/mol. The first-order chi connectivity index (χ1) is 7.43. The van der Waals surface area contributed by atoms with Crippen LogP contribution < -0.4 is 0 Å². The molecule has 0 amide bonds. The van der Waals surface area contributed by atoms with Crippen LogP contribution in [0.15, 0.2) is 6.07 Å². The SMILES string of the molecule is Cc1c(O)cc(O)c2c1C(C)C(C)OC2=O. The average Bonchev–Trinajstić information content (AvgIpc) is 2.20. The zero-order chi connectivity index (χ0) is 12.0. The Morgan fingerprint density at radius 1 is 1.25 bits per heavy atom. The Kier molecular flexibility index (Phi) is 2.30. The molecule has 1 aromatic rings. The largest absolute Gasteiger partial charge is 0.508 e. The zero-order valence-corrected chi connectivity index (χ0v) is 9.44. The molecule has 0 aromatic heterocycles. The van der Waals surface area contributed by atoms with Gasteiger partial charge in [-0.1, -0.05) is 6.92 Å². The van der Waals surface area contributed by atoms with Gasteiger partial charge in [-0.15, -0.1) is 0 Å². The molecule has 2 atom stereocenters. The summed E-state index contributed by atoms with van der Waals surface area (Å²) in [5.41, 5.74) is 1.49. The summed E-state index contributed by atoms with van der Waals surface area (Å²) < 4.78 is 5.12. The molecule has 4 nitrogen and oxygen atoms in total. The maximum absolute atomic E-state index is 11.7. The van der Waals surface area contributed by atoms with E-state index in [1.165, 1.54) is 6.07 Å². The average molecular weight is 222 g/mol. The molecule has 1 aromatic carbocycles. The molecule has 0 aliphatic carbocycles. The predicted octanol–water partition coefficient (Wildman–Crippen LogP) is 2.07. The number of cyclic esters (lactones) is 1. The summed E-state index contributed by atoms with van der Waals surface area (Å²) in [5.74, 6) is -0.779. The van der Waals surface area contributed by atoms with Crippen molar-refractivity contribution in [3.05, 3.63) is 22.8 Å². The van der Waals surface area contributed by atoms with Crippen LogP contribution in [0.3, 0.4) is 0 Å². The van der Waals surface area contributed by atoms with Crippen LogP contribution in [0.2, 0.25) is 0 Å². The Hall–Kier alpha value is -1.71. The smallest absolute Gasteiger partial charge is 0.342 e. The molecule has 2 N–H and O–H groups in total. The number of esters is 1. The van der Waals surface area contributed by atoms with E-state index in [0.717, 1.165) is 0 Å². The first-order valence-electron chi connectivity index (χ1n) is 5.20. The molecule has 1 aliphatic rings. The number of carbonyl (C=O) groups excluding carboxylic acids is 1. The molecule has 0 fully saturated rings. The fraction of sp³-hybridized carbons (Fsp3) is 0.417. The van der Waals surface area contributed by atoms with Gasteiger partial charge in [-0.3, -0.25) is 0 Å². The highest BCUT2D eigenvalue weighted by Gasteiger charge is 2.34. The number of carbonyl (C=O) groups is 1. The highest BCUT2D eigenvalue weighted by atomic mass is 16.5. The van der Waals surface area contributed by atoms with E-state index in [2.05, 4.69) is 0 Å². The van der Waals surface area contributed by atoms with Crippen molar-refractivity contribution >= 4 is 5.97 Å². The molecule has 2 unspecified atom stereocenters. The number of fused-ring (bicyclic) bond motifs is 1. The van der Waals surface area contributed by atoms with Crippen molar-refractivity contribution in [1.82, 2.24) is 0 Å². The lowest BCUT2D eigenvalue weighted by molar-refractivity contribution is 0.0235. The van der Waals surface area contributed by atoms with Gasteiger partial charge in [0.05, 0.1) is 0 Å². The van der Waals surface area contributed by atoms with Crippen molar-refractivity contribution in [2.45, 2.75) is 32.8 Å². The number of ether oxygens (including phenoxy) is 1. The summed E-state index contributed by atoms with van der Waals surface area (Å²) in [5, 5.41) is 19.3. The first kappa shape index (κ1) is 10.8. The monoisotopic (exact) mass is 222 g/mol. The molecule has 1 aliphatic heterocycles. The summed E-state index contributed by atoms with van der Waals surface area (Å²) >= 11 is 0. The third-order valence-corrected chi connectivity index (χ3v) is 3.24. The third-order valence-electron chi connectivity index (χ3n) is 3.24. The first-order valence-corrected chi connectivity index (χ1v) is 5.20. The molecule has 0 saturated heterocycles. The lowest BCUT2D eigenvalue weighted by atomic mass is 9.85. The van der Waals surface area contributed by atoms with Gasteiger partial charge in [0.2, 0.25) is 0 Å². The minimum Gasteiger partial charge on any atom is -0.508 e. The molecule has 2 rings (SSSR count). The number of phenolic OH excluding ortho intramolecular Hbond substituents is 2. The number of phenols is 2. The van der Waals surface area contributed by atoms with Crippen LogP contribution in [-0.4, -0.2) is 22.3 Å². The van der Waals surface area contributed by atoms with Crippen LogP contribution in [0.1, 0.15) is 41.3 Å². The van der Waals surface area contributed by atoms with Crippen molar-refractivity contribution in [3.63, 3.8) is 0 Å². The standard InChI is InChI=1S/C12H14O4/c1-5-7(3)16-12(15)11-9(14)4-8(13)6(2)10(5)11/h4-5,7,13-14H,1-3H3. The zero-order valence-electron chi connectivity index (χ0n) is 9.44. The van der Waals surface area contributed by atoms with E-state index < -0.39 is 5.97 Å². The van der Waals surface area contributed by atoms with Gasteiger partial charge >= 0.3 is 5.97 Å². The van der Waals surface area contributed by atoms with Crippen LogP contribution in [-0.2, 0) is 4.74 Å². The minimum atomic E-state index is -0.527. The second-order valence-electron chi connectivity index (χ2n) is 4.23. The maximum Gasteiger partial charge on any atom is 0.342 e. The van der Waals surface area contributed by atoms with Crippen molar-refractivity contribution in [1.29, 1.82) is 0 Å². The lowest BCUT2D eigenvalue weighted by Crippen LogP contribution is -2.29. The van der Waals surface area contributed by atoms with E-state index in [4.69, 9.17) is 4.74 Å². The van der Waals surface area contributed by atoms with E-state index in [1.54, 1.807) is 13.8 Å². The van der Waals surface area contributed by atoms with Gasteiger partial charge in [-0.25, -0.2) is 4.79 Å². The van der Waals surface area contributed by atoms with Crippen molar-refractivity contribution in [2.24, 2.45) is 0 Å². The summed E-state index contributed by atoms with van der Waals surface area (Å²) in [6.45, 7) is 5.43. The molecule has 4 heteroatoms. The Bertz CT molecular complexity index is 465. The summed E-state index contributed by atoms with van der Waals surface area (Å²) in [6, 6.07) is 1.18. The molecule has 1 heterocycles. The fourth-order valence-corrected chi connectivity index (χ4v) is 2.12. The van der Waals surface area contributed by atoms with E-state index in [9.17, 15) is 15.0 Å². The van der Waals surface area contributed by atoms with Gasteiger partial charge in [-0.2, -0.15) is 0 Å². The van der Waals surface area contributed by atoms with Crippen molar-refractivity contribution < 1.29 is 19.7 Å². The van der Waals surface area contributed by atoms with Gasteiger partial charge in [-0.05, 0) is 25.0 Å². The number of hydrogen-bond acceptors (Lipinski definition) is 4. The van der Waals surface area contributed by atoms with E-state index >= 15 is 0 Å². The van der Waals surface area contributed by atoms with E-state index in [1.807, 2.05) is 6.92 Å². The molecule has 0 radical (unpaired) electrons. The second-order valence-corrected chi connectivity index (χ2v) is 4.23. The second kappa shape index (κ2) is 3.40. The summed E-state index contributed by atoms with van der Waals surface area (Å²) in [7, 11) is 0. The van der Waals surface area contributed by atoms with Gasteiger partial charge in [0.1, 0.15) is 23.2 Å². The van der Waals surface area contributed by atoms with Crippen LogP contribution in [0.4, 0.5) is 0 Å². The fourth-order valence-electron chi connectivity index (χ4n) is 2.12. The van der Waals surface area contributed by atoms with Crippen LogP contribution in [0.5, 0.6) is 11.5 Å². The molecular formula is C12H14O4. The highest BCUT2D eigenvalue weighted by molar-refractivity contribution is 5.96. The third kappa shape index (κ3) is 1.33. The normalized spacial score (nSPS) is 23.8. The Morgan fingerprint density at radius 2 is 1.88 bits per heavy atom. The number of aromatic hydroxyl groups is 2. The van der Waals surface area contributed by atoms with Crippen molar-refractivity contribution in [2.75, 3.05) is 0 Å². The maximum atomic E-state index is 11.7. The number of hydrogen-bond donors (Lipinski definition) is 2. The van der Waals surface area contributed by atoms with Gasteiger partial charge < -0.3 is 14.9 Å². The minimum absolute atomic E-state index is 0.00463. The molecule has 86 valence electrons. The van der Waals surface area contributed by atoms with Crippen LogP contribution in [0, 0.1) is 6.92 Å². The topological polar surface area (TPSA) is 66.8 Å². The molecule has 0 spiro atoms. The van der Waals surface area contributed by atoms with E-state index in [0.29, 0.717) is 11.1 Å². The number of rotatable bonds is 0. The molecule has 0 bridgehead atoms. The summed E-state index contributed by atoms with van der Waals surface area (Å²) in [6.07, 6.45) is -0.250. The van der Waals surface area contributed by atoms with Crippen LogP contribution >= 0.6 is 0 Å². The summed E-state index contributed by atoms with van der Waals surface area (Å²) in [4.78, 5) is 11.7. The lowest BCUT2D eigenvalue weighted by Gasteiger charge is -2.30. The van der Waals surface area contributed by atoms with Gasteiger partial charge in [0.15, 0.2) is 0 Å². The highest BCUT2D eigenvalue weighted by Crippen LogP contribution is 2.41. The predicted molar refractivity (Wildman–Crippen MR) is 57.8 cm³/mol. The van der Waals surface area contributed by atoms with E-state index in [-0.39, 0.29) is 29.1 Å². The van der Waals surface area contributed by atoms with Gasteiger partial charge in [0.25, 0.3) is 0 Å².